The van der Waals surface area contributed by atoms with Gasteiger partial charge < -0.3 is 9.72 Å². The van der Waals surface area contributed by atoms with Crippen molar-refractivity contribution in [2.24, 2.45) is 0 Å². The zero-order chi connectivity index (χ0) is 16.3. The number of aromatic amines is 1. The predicted molar refractivity (Wildman–Crippen MR) is 95.4 cm³/mol. The normalized spacial score (nSPS) is 10.7. The van der Waals surface area contributed by atoms with Crippen molar-refractivity contribution < 1.29 is 4.74 Å². The van der Waals surface area contributed by atoms with Gasteiger partial charge in [0.1, 0.15) is 5.75 Å². The van der Waals surface area contributed by atoms with Crippen molar-refractivity contribution in [2.45, 2.75) is 44.2 Å². The van der Waals surface area contributed by atoms with Crippen LogP contribution in [0.25, 0.3) is 0 Å². The number of aromatic nitrogens is 2. The zero-order valence-electron chi connectivity index (χ0n) is 13.6. The second-order valence-corrected chi connectivity index (χ2v) is 6.45. The summed E-state index contributed by atoms with van der Waals surface area (Å²) in [7, 11) is 0. The molecule has 1 N–H and O–H groups in total. The molecule has 0 saturated heterocycles. The molecule has 4 nitrogen and oxygen atoms in total. The van der Waals surface area contributed by atoms with E-state index < -0.39 is 0 Å². The molecule has 0 aliphatic carbocycles. The molecule has 0 atom stereocenters. The summed E-state index contributed by atoms with van der Waals surface area (Å²) in [6.45, 7) is 2.85. The molecule has 1 heterocycles. The van der Waals surface area contributed by atoms with E-state index in [0.29, 0.717) is 6.61 Å². The average molecular weight is 332 g/mol. The van der Waals surface area contributed by atoms with Gasteiger partial charge in [0.15, 0.2) is 5.16 Å². The van der Waals surface area contributed by atoms with Gasteiger partial charge in [-0.15, -0.1) is 0 Å². The van der Waals surface area contributed by atoms with E-state index in [1.165, 1.54) is 0 Å². The van der Waals surface area contributed by atoms with Gasteiger partial charge in [0.25, 0.3) is 5.56 Å². The van der Waals surface area contributed by atoms with Crippen LogP contribution in [0.1, 0.15) is 38.3 Å². The van der Waals surface area contributed by atoms with Crippen molar-refractivity contribution in [1.82, 2.24) is 9.97 Å². The molecule has 2 aromatic rings. The molecule has 0 spiro atoms. The molecule has 0 radical (unpaired) electrons. The Kier molecular flexibility index (Phi) is 7.73. The van der Waals surface area contributed by atoms with Gasteiger partial charge in [0.05, 0.1) is 6.61 Å². The number of hydrogen-bond acceptors (Lipinski definition) is 4. The molecule has 23 heavy (non-hydrogen) atoms. The van der Waals surface area contributed by atoms with Crippen molar-refractivity contribution in [2.75, 3.05) is 12.4 Å². The number of H-pyrrole nitrogens is 1. The van der Waals surface area contributed by atoms with Gasteiger partial charge in [-0.3, -0.25) is 4.79 Å². The molecule has 124 valence electrons. The lowest BCUT2D eigenvalue weighted by atomic mass is 10.2. The Labute approximate surface area is 141 Å². The van der Waals surface area contributed by atoms with E-state index >= 15 is 0 Å². The summed E-state index contributed by atoms with van der Waals surface area (Å²) in [6.07, 6.45) is 5.07. The minimum absolute atomic E-state index is 0.0546. The third-order valence-electron chi connectivity index (χ3n) is 3.35. The summed E-state index contributed by atoms with van der Waals surface area (Å²) < 4.78 is 5.66. The zero-order valence-corrected chi connectivity index (χ0v) is 14.4. The van der Waals surface area contributed by atoms with Crippen LogP contribution in [0, 0.1) is 0 Å². The second kappa shape index (κ2) is 10.1. The summed E-state index contributed by atoms with van der Waals surface area (Å²) in [6, 6.07) is 11.5. The number of nitrogens with zero attached hydrogens (tertiary/aromatic N) is 1. The second-order valence-electron chi connectivity index (χ2n) is 5.36. The van der Waals surface area contributed by atoms with Crippen LogP contribution in [0.2, 0.25) is 0 Å². The first kappa shape index (κ1) is 17.6. The van der Waals surface area contributed by atoms with Crippen LogP contribution in [0.4, 0.5) is 0 Å². The van der Waals surface area contributed by atoms with Crippen LogP contribution in [0.15, 0.2) is 46.3 Å². The minimum Gasteiger partial charge on any atom is -0.494 e. The lowest BCUT2D eigenvalue weighted by Gasteiger charge is -2.06. The number of benzene rings is 1. The van der Waals surface area contributed by atoms with E-state index in [1.807, 2.05) is 30.3 Å². The molecule has 0 amide bonds. The number of nitrogens with one attached hydrogen (secondary N) is 1. The number of thioether (sulfide) groups is 1. The van der Waals surface area contributed by atoms with Gasteiger partial charge >= 0.3 is 0 Å². The Bertz CT molecular complexity index is 628. The number of rotatable bonds is 10. The summed E-state index contributed by atoms with van der Waals surface area (Å²) >= 11 is 1.61. The third kappa shape index (κ3) is 6.91. The number of ether oxygens (including phenoxy) is 1. The Morgan fingerprint density at radius 1 is 1.17 bits per heavy atom. The van der Waals surface area contributed by atoms with E-state index in [9.17, 15) is 4.79 Å². The smallest absolute Gasteiger partial charge is 0.251 e. The SMILES string of the molecule is CCCCc1cc(=O)[nH]c(SCCCCOc2ccccc2)n1. The first-order valence-electron chi connectivity index (χ1n) is 8.19. The lowest BCUT2D eigenvalue weighted by molar-refractivity contribution is 0.310. The standard InChI is InChI=1S/C18H24N2O2S/c1-2-3-9-15-14-17(21)20-18(19-15)23-13-8-7-12-22-16-10-5-4-6-11-16/h4-6,10-11,14H,2-3,7-9,12-13H2,1H3,(H,19,20,21). The highest BCUT2D eigenvalue weighted by atomic mass is 32.2. The highest BCUT2D eigenvalue weighted by molar-refractivity contribution is 7.99. The summed E-state index contributed by atoms with van der Waals surface area (Å²) in [5.74, 6) is 1.84. The predicted octanol–water partition coefficient (Wildman–Crippen LogP) is 4.06. The molecule has 0 aliphatic heterocycles. The van der Waals surface area contributed by atoms with Gasteiger partial charge in [-0.1, -0.05) is 43.3 Å². The molecule has 0 fully saturated rings. The van der Waals surface area contributed by atoms with Crippen LogP contribution in [-0.4, -0.2) is 22.3 Å². The molecule has 0 saturated carbocycles. The highest BCUT2D eigenvalue weighted by Crippen LogP contribution is 2.15. The topological polar surface area (TPSA) is 55.0 Å². The molecule has 2 rings (SSSR count). The fourth-order valence-corrected chi connectivity index (χ4v) is 3.01. The van der Waals surface area contributed by atoms with E-state index in [0.717, 1.165) is 54.5 Å². The van der Waals surface area contributed by atoms with Crippen LogP contribution in [0.3, 0.4) is 0 Å². The van der Waals surface area contributed by atoms with Crippen molar-refractivity contribution >= 4 is 11.8 Å². The van der Waals surface area contributed by atoms with Crippen LogP contribution >= 0.6 is 11.8 Å². The van der Waals surface area contributed by atoms with E-state index in [2.05, 4.69) is 16.9 Å². The van der Waals surface area contributed by atoms with Gasteiger partial charge in [-0.05, 0) is 37.8 Å². The Hall–Kier alpha value is -1.75. The van der Waals surface area contributed by atoms with Gasteiger partial charge in [-0.25, -0.2) is 4.98 Å². The summed E-state index contributed by atoms with van der Waals surface area (Å²) in [5.41, 5.74) is 0.839. The van der Waals surface area contributed by atoms with Crippen molar-refractivity contribution in [1.29, 1.82) is 0 Å². The number of unbranched alkanes of at least 4 members (excludes halogenated alkanes) is 2. The van der Waals surface area contributed by atoms with Crippen molar-refractivity contribution in [3.05, 3.63) is 52.4 Å². The monoisotopic (exact) mass is 332 g/mol. The first-order valence-corrected chi connectivity index (χ1v) is 9.17. The minimum atomic E-state index is -0.0546. The van der Waals surface area contributed by atoms with Gasteiger partial charge in [-0.2, -0.15) is 0 Å². The Balaban J connectivity index is 1.67. The van der Waals surface area contributed by atoms with Crippen LogP contribution in [0.5, 0.6) is 5.75 Å². The Morgan fingerprint density at radius 3 is 2.78 bits per heavy atom. The molecule has 1 aromatic heterocycles. The maximum Gasteiger partial charge on any atom is 0.251 e. The molecular formula is C18H24N2O2S. The molecular weight excluding hydrogens is 308 g/mol. The van der Waals surface area contributed by atoms with Crippen molar-refractivity contribution in [3.63, 3.8) is 0 Å². The molecule has 0 aliphatic rings. The molecule has 5 heteroatoms. The number of hydrogen-bond donors (Lipinski definition) is 1. The quantitative estimate of drug-likeness (QED) is 0.405. The summed E-state index contributed by atoms with van der Waals surface area (Å²) in [5, 5.41) is 0.729. The number of para-hydroxylation sites is 1. The van der Waals surface area contributed by atoms with E-state index in [1.54, 1.807) is 17.8 Å². The molecule has 0 bridgehead atoms. The average Bonchev–Trinajstić information content (AvgIpc) is 2.56. The maximum atomic E-state index is 11.6. The highest BCUT2D eigenvalue weighted by Gasteiger charge is 2.02. The van der Waals surface area contributed by atoms with Crippen LogP contribution in [-0.2, 0) is 6.42 Å². The molecule has 1 aromatic carbocycles. The Morgan fingerprint density at radius 2 is 2.00 bits per heavy atom. The molecule has 0 unspecified atom stereocenters. The van der Waals surface area contributed by atoms with E-state index in [4.69, 9.17) is 4.74 Å². The number of aryl methyl sites for hydroxylation is 1. The first-order chi connectivity index (χ1) is 11.3. The van der Waals surface area contributed by atoms with Crippen LogP contribution < -0.4 is 10.3 Å². The lowest BCUT2D eigenvalue weighted by Crippen LogP contribution is -2.10. The van der Waals surface area contributed by atoms with Gasteiger partial charge in [0.2, 0.25) is 0 Å². The van der Waals surface area contributed by atoms with Crippen molar-refractivity contribution in [3.8, 4) is 5.75 Å². The maximum absolute atomic E-state index is 11.6. The van der Waals surface area contributed by atoms with Gasteiger partial charge in [0, 0.05) is 17.5 Å². The van der Waals surface area contributed by atoms with E-state index in [-0.39, 0.29) is 5.56 Å². The fraction of sp³-hybridized carbons (Fsp3) is 0.444. The summed E-state index contributed by atoms with van der Waals surface area (Å²) in [4.78, 5) is 19.0. The largest absolute Gasteiger partial charge is 0.494 e. The fourth-order valence-electron chi connectivity index (χ4n) is 2.12. The third-order valence-corrected chi connectivity index (χ3v) is 4.31.